The fourth-order valence-electron chi connectivity index (χ4n) is 1.32. The lowest BCUT2D eigenvalue weighted by Crippen LogP contribution is -2.10. The number of hydrogen-bond donors (Lipinski definition) is 0. The summed E-state index contributed by atoms with van der Waals surface area (Å²) in [4.78, 5) is 4.06. The normalized spacial score (nSPS) is 16.9. The smallest absolute Gasteiger partial charge is 0.138 e. The van der Waals surface area contributed by atoms with Crippen LogP contribution >= 0.6 is 11.6 Å². The summed E-state index contributed by atoms with van der Waals surface area (Å²) in [6, 6.07) is 0. The van der Waals surface area contributed by atoms with Crippen molar-refractivity contribution in [2.45, 2.75) is 25.8 Å². The van der Waals surface area contributed by atoms with Gasteiger partial charge in [0.15, 0.2) is 0 Å². The molecule has 0 N–H and O–H groups in total. The molecule has 0 atom stereocenters. The quantitative estimate of drug-likeness (QED) is 0.558. The maximum atomic E-state index is 5.80. The van der Waals surface area contributed by atoms with Gasteiger partial charge in [-0.2, -0.15) is 0 Å². The van der Waals surface area contributed by atoms with Crippen LogP contribution in [0.2, 0.25) is 5.15 Å². The van der Waals surface area contributed by atoms with Crippen molar-refractivity contribution in [3.8, 4) is 0 Å². The van der Waals surface area contributed by atoms with E-state index in [0.29, 0.717) is 5.15 Å². The van der Waals surface area contributed by atoms with Gasteiger partial charge in [-0.1, -0.05) is 11.6 Å². The number of rotatable bonds is 0. The third-order valence-corrected chi connectivity index (χ3v) is 2.15. The molecule has 0 bridgehead atoms. The summed E-state index contributed by atoms with van der Waals surface area (Å²) < 4.78 is 2.03. The highest BCUT2D eigenvalue weighted by Crippen LogP contribution is 2.18. The Hall–Kier alpha value is -0.500. The Morgan fingerprint density at radius 3 is 3.20 bits per heavy atom. The SMILES string of the molecule is Clc1[c]nc2n1CCCC2. The van der Waals surface area contributed by atoms with Crippen LogP contribution in [0.25, 0.3) is 0 Å². The van der Waals surface area contributed by atoms with E-state index in [1.165, 1.54) is 12.8 Å². The van der Waals surface area contributed by atoms with Crippen LogP contribution in [0.15, 0.2) is 0 Å². The molecule has 2 nitrogen and oxygen atoms in total. The van der Waals surface area contributed by atoms with E-state index < -0.39 is 0 Å². The van der Waals surface area contributed by atoms with Gasteiger partial charge in [0.2, 0.25) is 0 Å². The van der Waals surface area contributed by atoms with Crippen LogP contribution in [0.5, 0.6) is 0 Å². The van der Waals surface area contributed by atoms with E-state index in [-0.39, 0.29) is 0 Å². The molecule has 1 aliphatic heterocycles. The van der Waals surface area contributed by atoms with E-state index in [9.17, 15) is 0 Å². The second-order valence-electron chi connectivity index (χ2n) is 2.54. The molecule has 1 aromatic rings. The summed E-state index contributed by atoms with van der Waals surface area (Å²) in [5.74, 6) is 1.09. The largest absolute Gasteiger partial charge is 0.319 e. The van der Waals surface area contributed by atoms with E-state index in [2.05, 4.69) is 11.2 Å². The Morgan fingerprint density at radius 2 is 2.40 bits per heavy atom. The van der Waals surface area contributed by atoms with Gasteiger partial charge < -0.3 is 4.57 Å². The highest BCUT2D eigenvalue weighted by molar-refractivity contribution is 6.29. The third kappa shape index (κ3) is 0.833. The number of hydrogen-bond acceptors (Lipinski definition) is 1. The number of fused-ring (bicyclic) bond motifs is 1. The average molecular weight is 156 g/mol. The van der Waals surface area contributed by atoms with Crippen molar-refractivity contribution in [1.29, 1.82) is 0 Å². The van der Waals surface area contributed by atoms with E-state index >= 15 is 0 Å². The second kappa shape index (κ2) is 2.27. The maximum absolute atomic E-state index is 5.80. The average Bonchev–Trinajstić information content (AvgIpc) is 2.34. The fraction of sp³-hybridized carbons (Fsp3) is 0.571. The molecule has 0 saturated heterocycles. The number of nitrogens with zero attached hydrogens (tertiary/aromatic N) is 2. The van der Waals surface area contributed by atoms with Crippen LogP contribution in [0, 0.1) is 6.20 Å². The highest BCUT2D eigenvalue weighted by atomic mass is 35.5. The van der Waals surface area contributed by atoms with E-state index in [0.717, 1.165) is 18.8 Å². The lowest BCUT2D eigenvalue weighted by atomic mass is 10.2. The van der Waals surface area contributed by atoms with Crippen molar-refractivity contribution in [3.63, 3.8) is 0 Å². The Morgan fingerprint density at radius 1 is 1.50 bits per heavy atom. The van der Waals surface area contributed by atoms with Crippen molar-refractivity contribution in [1.82, 2.24) is 9.55 Å². The van der Waals surface area contributed by atoms with Crippen LogP contribution in [-0.2, 0) is 13.0 Å². The number of aromatic nitrogens is 2. The Balaban J connectivity index is 2.45. The molecule has 0 unspecified atom stereocenters. The molecule has 2 heterocycles. The van der Waals surface area contributed by atoms with Crippen LogP contribution in [-0.4, -0.2) is 9.55 Å². The zero-order chi connectivity index (χ0) is 6.97. The molecule has 2 rings (SSSR count). The third-order valence-electron chi connectivity index (χ3n) is 1.86. The van der Waals surface area contributed by atoms with Crippen LogP contribution in [0.4, 0.5) is 0 Å². The minimum Gasteiger partial charge on any atom is -0.319 e. The summed E-state index contributed by atoms with van der Waals surface area (Å²) in [7, 11) is 0. The molecule has 0 aromatic carbocycles. The summed E-state index contributed by atoms with van der Waals surface area (Å²) in [6.07, 6.45) is 6.27. The van der Waals surface area contributed by atoms with Crippen molar-refractivity contribution < 1.29 is 0 Å². The minimum atomic E-state index is 0.662. The zero-order valence-electron chi connectivity index (χ0n) is 5.60. The fourth-order valence-corrected chi connectivity index (χ4v) is 1.54. The first kappa shape index (κ1) is 6.23. The minimum absolute atomic E-state index is 0.662. The van der Waals surface area contributed by atoms with Crippen LogP contribution in [0.1, 0.15) is 18.7 Å². The Bertz CT molecular complexity index is 242. The first-order chi connectivity index (χ1) is 4.88. The lowest BCUT2D eigenvalue weighted by molar-refractivity contribution is 0.523. The van der Waals surface area contributed by atoms with Crippen LogP contribution < -0.4 is 0 Å². The molecule has 1 radical (unpaired) electrons. The van der Waals surface area contributed by atoms with Gasteiger partial charge in [-0.25, -0.2) is 4.98 Å². The molecule has 53 valence electrons. The predicted octanol–water partition coefficient (Wildman–Crippen LogP) is 1.67. The standard InChI is InChI=1S/C7H8ClN2/c8-6-5-9-7-3-1-2-4-10(6)7/h1-4H2. The van der Waals surface area contributed by atoms with Crippen molar-refractivity contribution in [2.24, 2.45) is 0 Å². The van der Waals surface area contributed by atoms with Gasteiger partial charge in [-0.3, -0.25) is 0 Å². The number of halogens is 1. The molecule has 1 aliphatic rings. The molecule has 10 heavy (non-hydrogen) atoms. The highest BCUT2D eigenvalue weighted by Gasteiger charge is 2.11. The molecule has 3 heteroatoms. The monoisotopic (exact) mass is 155 g/mol. The summed E-state index contributed by atoms with van der Waals surface area (Å²) in [5, 5.41) is 0.662. The van der Waals surface area contributed by atoms with Crippen molar-refractivity contribution >= 4 is 11.6 Å². The van der Waals surface area contributed by atoms with E-state index in [1.807, 2.05) is 4.57 Å². The predicted molar refractivity (Wildman–Crippen MR) is 39.0 cm³/mol. The van der Waals surface area contributed by atoms with Gasteiger partial charge in [0.05, 0.1) is 0 Å². The first-order valence-corrected chi connectivity index (χ1v) is 3.88. The second-order valence-corrected chi connectivity index (χ2v) is 2.90. The van der Waals surface area contributed by atoms with Gasteiger partial charge in [0, 0.05) is 13.0 Å². The summed E-state index contributed by atoms with van der Waals surface area (Å²) in [5.41, 5.74) is 0. The molecule has 0 fully saturated rings. The molecule has 0 saturated carbocycles. The van der Waals surface area contributed by atoms with Crippen molar-refractivity contribution in [2.75, 3.05) is 0 Å². The first-order valence-electron chi connectivity index (χ1n) is 3.50. The molecular weight excluding hydrogens is 148 g/mol. The van der Waals surface area contributed by atoms with Gasteiger partial charge in [0.25, 0.3) is 0 Å². The molecule has 0 aliphatic carbocycles. The molecule has 1 aromatic heterocycles. The molecule has 0 spiro atoms. The number of imidazole rings is 1. The zero-order valence-corrected chi connectivity index (χ0v) is 6.36. The number of aryl methyl sites for hydroxylation is 1. The van der Waals surface area contributed by atoms with Gasteiger partial charge in [-0.05, 0) is 12.8 Å². The van der Waals surface area contributed by atoms with Gasteiger partial charge >= 0.3 is 0 Å². The van der Waals surface area contributed by atoms with Gasteiger partial charge in [-0.15, -0.1) is 0 Å². The maximum Gasteiger partial charge on any atom is 0.138 e. The summed E-state index contributed by atoms with van der Waals surface area (Å²) >= 11 is 5.80. The van der Waals surface area contributed by atoms with Gasteiger partial charge in [0.1, 0.15) is 17.2 Å². The molecular formula is C7H8ClN2. The lowest BCUT2D eigenvalue weighted by Gasteiger charge is -2.13. The van der Waals surface area contributed by atoms with E-state index in [1.54, 1.807) is 0 Å². The van der Waals surface area contributed by atoms with E-state index in [4.69, 9.17) is 11.6 Å². The Kier molecular flexibility index (Phi) is 1.42. The summed E-state index contributed by atoms with van der Waals surface area (Å²) in [6.45, 7) is 1.02. The topological polar surface area (TPSA) is 17.8 Å². The Labute approximate surface area is 64.8 Å². The van der Waals surface area contributed by atoms with Crippen molar-refractivity contribution in [3.05, 3.63) is 17.2 Å². The molecule has 0 amide bonds. The van der Waals surface area contributed by atoms with Crippen LogP contribution in [0.3, 0.4) is 0 Å².